The Balaban J connectivity index is 2.04. The summed E-state index contributed by atoms with van der Waals surface area (Å²) in [6.45, 7) is 0. The predicted molar refractivity (Wildman–Crippen MR) is 92.5 cm³/mol. The Morgan fingerprint density at radius 1 is 0.875 bits per heavy atom. The van der Waals surface area contributed by atoms with Crippen molar-refractivity contribution in [2.75, 3.05) is 7.11 Å². The van der Waals surface area contributed by atoms with Crippen molar-refractivity contribution >= 4 is 5.78 Å². The minimum atomic E-state index is -0.135. The number of pyridine rings is 1. The van der Waals surface area contributed by atoms with Crippen LogP contribution in [-0.4, -0.2) is 17.5 Å². The monoisotopic (exact) mass is 317 g/mol. The summed E-state index contributed by atoms with van der Waals surface area (Å²) in [7, 11) is 3.31. The van der Waals surface area contributed by atoms with Crippen LogP contribution in [-0.2, 0) is 7.05 Å². The van der Waals surface area contributed by atoms with Crippen LogP contribution in [0, 0.1) is 0 Å². The Labute approximate surface area is 139 Å². The van der Waals surface area contributed by atoms with E-state index in [0.29, 0.717) is 22.4 Å². The van der Waals surface area contributed by atoms with E-state index in [4.69, 9.17) is 4.74 Å². The van der Waals surface area contributed by atoms with Gasteiger partial charge < -0.3 is 9.30 Å². The Hall–Kier alpha value is -3.14. The number of hydrogen-bond acceptors (Lipinski definition) is 3. The summed E-state index contributed by atoms with van der Waals surface area (Å²) < 4.78 is 6.73. The van der Waals surface area contributed by atoms with Gasteiger partial charge in [-0.3, -0.25) is 9.59 Å². The van der Waals surface area contributed by atoms with Crippen LogP contribution in [0.3, 0.4) is 0 Å². The van der Waals surface area contributed by atoms with Gasteiger partial charge in [-0.2, -0.15) is 0 Å². The number of rotatable bonds is 2. The fourth-order valence-corrected chi connectivity index (χ4v) is 3.26. The van der Waals surface area contributed by atoms with Gasteiger partial charge in [0.2, 0.25) is 0 Å². The molecule has 0 unspecified atom stereocenters. The fourth-order valence-electron chi connectivity index (χ4n) is 3.26. The normalized spacial score (nSPS) is 12.0. The molecule has 0 saturated heterocycles. The first-order chi connectivity index (χ1) is 11.6. The molecule has 1 aliphatic rings. The topological polar surface area (TPSA) is 48.3 Å². The molecule has 4 rings (SSSR count). The van der Waals surface area contributed by atoms with Crippen LogP contribution in [0.1, 0.15) is 15.9 Å². The van der Waals surface area contributed by atoms with Crippen molar-refractivity contribution in [1.82, 2.24) is 4.57 Å². The largest absolute Gasteiger partial charge is 0.497 e. The van der Waals surface area contributed by atoms with E-state index in [-0.39, 0.29) is 11.3 Å². The summed E-state index contributed by atoms with van der Waals surface area (Å²) in [5, 5.41) is 0. The highest BCUT2D eigenvalue weighted by Gasteiger charge is 2.31. The molecular weight excluding hydrogens is 302 g/mol. The molecule has 1 aromatic heterocycles. The summed E-state index contributed by atoms with van der Waals surface area (Å²) in [6, 6.07) is 16.3. The lowest BCUT2D eigenvalue weighted by molar-refractivity contribution is 0.104. The summed E-state index contributed by atoms with van der Waals surface area (Å²) in [6.07, 6.45) is 0. The molecule has 0 fully saturated rings. The standard InChI is InChI=1S/C20H15NO3/c1-21-17(22)11-16(12-7-9-13(24-2)10-8-12)18-19(21)14-5-3-4-6-15(14)20(18)23/h3-11H,1-2H3. The lowest BCUT2D eigenvalue weighted by atomic mass is 9.98. The average Bonchev–Trinajstić information content (AvgIpc) is 2.92. The highest BCUT2D eigenvalue weighted by Crippen LogP contribution is 2.40. The zero-order valence-corrected chi connectivity index (χ0v) is 13.4. The van der Waals surface area contributed by atoms with Gasteiger partial charge in [-0.15, -0.1) is 0 Å². The fraction of sp³-hybridized carbons (Fsp3) is 0.100. The van der Waals surface area contributed by atoms with E-state index in [1.54, 1.807) is 24.8 Å². The molecule has 0 atom stereocenters. The molecular formula is C20H15NO3. The Bertz CT molecular complexity index is 1030. The van der Waals surface area contributed by atoms with Gasteiger partial charge in [-0.1, -0.05) is 36.4 Å². The number of aromatic nitrogens is 1. The molecule has 1 heterocycles. The highest BCUT2D eigenvalue weighted by atomic mass is 16.5. The van der Waals surface area contributed by atoms with Crippen molar-refractivity contribution < 1.29 is 9.53 Å². The molecule has 0 saturated carbocycles. The number of nitrogens with zero attached hydrogens (tertiary/aromatic N) is 1. The summed E-state index contributed by atoms with van der Waals surface area (Å²) in [5.41, 5.74) is 4.08. The highest BCUT2D eigenvalue weighted by molar-refractivity contribution is 6.24. The molecule has 0 N–H and O–H groups in total. The molecule has 0 radical (unpaired) electrons. The van der Waals surface area contributed by atoms with Gasteiger partial charge in [0, 0.05) is 29.8 Å². The molecule has 1 aliphatic carbocycles. The number of ketones is 1. The number of carbonyl (C=O) groups is 1. The molecule has 0 spiro atoms. The first-order valence-electron chi connectivity index (χ1n) is 7.64. The molecule has 3 aromatic rings. The lowest BCUT2D eigenvalue weighted by Crippen LogP contribution is -2.19. The van der Waals surface area contributed by atoms with Gasteiger partial charge in [0.1, 0.15) is 5.75 Å². The van der Waals surface area contributed by atoms with Gasteiger partial charge in [0.05, 0.1) is 18.4 Å². The second kappa shape index (κ2) is 5.20. The second-order valence-electron chi connectivity index (χ2n) is 5.78. The van der Waals surface area contributed by atoms with Crippen molar-refractivity contribution in [3.8, 4) is 28.1 Å². The quantitative estimate of drug-likeness (QED) is 0.570. The smallest absolute Gasteiger partial charge is 0.251 e. The van der Waals surface area contributed by atoms with Crippen LogP contribution in [0.2, 0.25) is 0 Å². The predicted octanol–water partition coefficient (Wildman–Crippen LogP) is 3.27. The first-order valence-corrected chi connectivity index (χ1v) is 7.64. The number of methoxy groups -OCH3 is 1. The van der Waals surface area contributed by atoms with Crippen LogP contribution in [0.5, 0.6) is 5.75 Å². The summed E-state index contributed by atoms with van der Waals surface area (Å²) >= 11 is 0. The van der Waals surface area contributed by atoms with E-state index in [2.05, 4.69) is 0 Å². The number of ether oxygens (including phenoxy) is 1. The van der Waals surface area contributed by atoms with E-state index >= 15 is 0 Å². The van der Waals surface area contributed by atoms with Crippen LogP contribution in [0.25, 0.3) is 22.4 Å². The number of fused-ring (bicyclic) bond motifs is 3. The van der Waals surface area contributed by atoms with E-state index in [0.717, 1.165) is 16.9 Å². The van der Waals surface area contributed by atoms with Crippen LogP contribution >= 0.6 is 0 Å². The Morgan fingerprint density at radius 3 is 2.21 bits per heavy atom. The van der Waals surface area contributed by atoms with E-state index < -0.39 is 0 Å². The molecule has 0 amide bonds. The van der Waals surface area contributed by atoms with E-state index in [1.807, 2.05) is 42.5 Å². The molecule has 4 nitrogen and oxygen atoms in total. The van der Waals surface area contributed by atoms with E-state index in [1.165, 1.54) is 6.07 Å². The Kier molecular flexibility index (Phi) is 3.13. The third-order valence-corrected chi connectivity index (χ3v) is 4.49. The van der Waals surface area contributed by atoms with Gasteiger partial charge in [-0.05, 0) is 17.7 Å². The minimum Gasteiger partial charge on any atom is -0.497 e. The van der Waals surface area contributed by atoms with Crippen molar-refractivity contribution in [2.24, 2.45) is 7.05 Å². The number of benzene rings is 2. The second-order valence-corrected chi connectivity index (χ2v) is 5.78. The zero-order chi connectivity index (χ0) is 16.8. The number of hydrogen-bond donors (Lipinski definition) is 0. The third kappa shape index (κ3) is 1.93. The molecule has 0 aliphatic heterocycles. The SMILES string of the molecule is COc1ccc(-c2cc(=O)n(C)c3c2C(=O)c2ccccc2-3)cc1. The van der Waals surface area contributed by atoms with E-state index in [9.17, 15) is 9.59 Å². The minimum absolute atomic E-state index is 0.0398. The van der Waals surface area contributed by atoms with Gasteiger partial charge >= 0.3 is 0 Å². The number of carbonyl (C=O) groups excluding carboxylic acids is 1. The molecule has 118 valence electrons. The van der Waals surface area contributed by atoms with Crippen molar-refractivity contribution in [3.63, 3.8) is 0 Å². The summed E-state index contributed by atoms with van der Waals surface area (Å²) in [4.78, 5) is 25.4. The van der Waals surface area contributed by atoms with Crippen molar-refractivity contribution in [3.05, 3.63) is 76.1 Å². The van der Waals surface area contributed by atoms with Gasteiger partial charge in [0.15, 0.2) is 5.78 Å². The maximum atomic E-state index is 12.9. The van der Waals surface area contributed by atoms with Gasteiger partial charge in [-0.25, -0.2) is 0 Å². The molecule has 24 heavy (non-hydrogen) atoms. The molecule has 2 aromatic carbocycles. The van der Waals surface area contributed by atoms with Crippen LogP contribution in [0.15, 0.2) is 59.4 Å². The van der Waals surface area contributed by atoms with Crippen LogP contribution < -0.4 is 10.3 Å². The molecule has 0 bridgehead atoms. The third-order valence-electron chi connectivity index (χ3n) is 4.49. The molecule has 4 heteroatoms. The maximum absolute atomic E-state index is 12.9. The van der Waals surface area contributed by atoms with Crippen molar-refractivity contribution in [1.29, 1.82) is 0 Å². The first kappa shape index (κ1) is 14.5. The van der Waals surface area contributed by atoms with Gasteiger partial charge in [0.25, 0.3) is 5.56 Å². The Morgan fingerprint density at radius 2 is 1.54 bits per heavy atom. The van der Waals surface area contributed by atoms with Crippen LogP contribution in [0.4, 0.5) is 0 Å². The average molecular weight is 317 g/mol. The maximum Gasteiger partial charge on any atom is 0.251 e. The summed E-state index contributed by atoms with van der Waals surface area (Å²) in [5.74, 6) is 0.691. The van der Waals surface area contributed by atoms with Crippen molar-refractivity contribution in [2.45, 2.75) is 0 Å². The lowest BCUT2D eigenvalue weighted by Gasteiger charge is -2.12. The zero-order valence-electron chi connectivity index (χ0n) is 13.4.